The van der Waals surface area contributed by atoms with Crippen molar-refractivity contribution < 1.29 is 8.42 Å². The topological polar surface area (TPSA) is 112 Å². The van der Waals surface area contributed by atoms with Gasteiger partial charge in [0.25, 0.3) is 0 Å². The van der Waals surface area contributed by atoms with E-state index in [-0.39, 0.29) is 11.7 Å². The highest BCUT2D eigenvalue weighted by molar-refractivity contribution is 7.89. The van der Waals surface area contributed by atoms with Crippen LogP contribution in [0.25, 0.3) is 28.0 Å². The maximum Gasteiger partial charge on any atom is 0.354 e. The van der Waals surface area contributed by atoms with Crippen molar-refractivity contribution in [2.45, 2.75) is 68.8 Å². The monoisotopic (exact) mass is 602 g/mol. The molecule has 2 aliphatic rings. The average Bonchev–Trinajstić information content (AvgIpc) is 3.70. The summed E-state index contributed by atoms with van der Waals surface area (Å²) in [5, 5.41) is 7.29. The van der Waals surface area contributed by atoms with Gasteiger partial charge < -0.3 is 15.6 Å². The Balaban J connectivity index is 1.22. The molecule has 10 heteroatoms. The van der Waals surface area contributed by atoms with Crippen LogP contribution in [-0.4, -0.2) is 60.0 Å². The maximum atomic E-state index is 14.0. The summed E-state index contributed by atoms with van der Waals surface area (Å²) in [6, 6.07) is 16.9. The van der Waals surface area contributed by atoms with Crippen LogP contribution >= 0.6 is 0 Å². The highest BCUT2D eigenvalue weighted by atomic mass is 32.2. The number of nitrogens with one attached hydrogen (secondary N) is 3. The summed E-state index contributed by atoms with van der Waals surface area (Å²) in [5.74, 6) is 0.749. The Labute approximate surface area is 253 Å². The number of nitrogens with zero attached hydrogens (tertiary/aromatic N) is 3. The summed E-state index contributed by atoms with van der Waals surface area (Å²) < 4.78 is 31.2. The highest BCUT2D eigenvalue weighted by Gasteiger charge is 2.32. The van der Waals surface area contributed by atoms with Crippen molar-refractivity contribution >= 4 is 21.1 Å². The van der Waals surface area contributed by atoms with Gasteiger partial charge in [0.15, 0.2) is 0 Å². The lowest BCUT2D eigenvalue weighted by molar-refractivity contribution is 0.254. The van der Waals surface area contributed by atoms with Gasteiger partial charge in [-0.15, -0.1) is 0 Å². The van der Waals surface area contributed by atoms with Gasteiger partial charge in [0, 0.05) is 36.4 Å². The number of aromatic nitrogens is 3. The molecule has 1 aliphatic heterocycles. The third kappa shape index (κ3) is 6.62. The van der Waals surface area contributed by atoms with E-state index in [9.17, 15) is 13.2 Å². The van der Waals surface area contributed by atoms with E-state index < -0.39 is 10.0 Å². The van der Waals surface area contributed by atoms with E-state index in [0.29, 0.717) is 17.1 Å². The summed E-state index contributed by atoms with van der Waals surface area (Å²) >= 11 is 0. The van der Waals surface area contributed by atoms with Crippen molar-refractivity contribution in [2.75, 3.05) is 26.7 Å². The first-order valence-electron chi connectivity index (χ1n) is 15.6. The van der Waals surface area contributed by atoms with E-state index in [0.717, 1.165) is 79.1 Å². The molecule has 0 atom stereocenters. The molecule has 1 aliphatic carbocycles. The lowest BCUT2D eigenvalue weighted by atomic mass is 10.0. The van der Waals surface area contributed by atoms with E-state index in [1.165, 1.54) is 25.7 Å². The van der Waals surface area contributed by atoms with E-state index in [4.69, 9.17) is 0 Å². The normalized spacial score (nSPS) is 16.9. The van der Waals surface area contributed by atoms with Crippen LogP contribution in [0.1, 0.15) is 56.9 Å². The van der Waals surface area contributed by atoms with Crippen molar-refractivity contribution in [1.29, 1.82) is 0 Å². The number of H-pyrrole nitrogens is 1. The minimum absolute atomic E-state index is 0.0294. The third-order valence-electron chi connectivity index (χ3n) is 9.06. The first kappa shape index (κ1) is 29.7. The van der Waals surface area contributed by atoms with Crippen LogP contribution in [0.3, 0.4) is 0 Å². The largest absolute Gasteiger partial charge is 0.354 e. The molecule has 4 aromatic rings. The van der Waals surface area contributed by atoms with Crippen LogP contribution in [-0.2, 0) is 16.6 Å². The zero-order valence-electron chi connectivity index (χ0n) is 24.9. The van der Waals surface area contributed by atoms with Gasteiger partial charge >= 0.3 is 5.69 Å². The molecule has 1 saturated heterocycles. The van der Waals surface area contributed by atoms with Crippen LogP contribution in [0.15, 0.2) is 70.5 Å². The predicted octanol–water partition coefficient (Wildman–Crippen LogP) is 4.81. The Morgan fingerprint density at radius 1 is 1.00 bits per heavy atom. The van der Waals surface area contributed by atoms with E-state index in [2.05, 4.69) is 20.6 Å². The fourth-order valence-corrected chi connectivity index (χ4v) is 8.41. The first-order valence-corrected chi connectivity index (χ1v) is 17.1. The van der Waals surface area contributed by atoms with Gasteiger partial charge in [-0.3, -0.25) is 4.57 Å². The van der Waals surface area contributed by atoms with E-state index in [1.54, 1.807) is 27.2 Å². The molecule has 0 unspecified atom stereocenters. The number of fused-ring (bicyclic) bond motifs is 1. The SMILES string of the molecule is CNCc1ccc(-n2cc3cc(-c4ccc(S(=O)(=O)N(CCCC5CCCC5)C5CCNCC5)cc4)[nH]c3nc2=O)cc1. The van der Waals surface area contributed by atoms with Gasteiger partial charge in [-0.1, -0.05) is 49.9 Å². The second-order valence-corrected chi connectivity index (χ2v) is 13.9. The van der Waals surface area contributed by atoms with Gasteiger partial charge in [-0.05, 0) is 93.2 Å². The van der Waals surface area contributed by atoms with Crippen LogP contribution in [0.2, 0.25) is 0 Å². The number of benzene rings is 2. The Kier molecular flexibility index (Phi) is 9.09. The van der Waals surface area contributed by atoms with Crippen molar-refractivity contribution in [3.63, 3.8) is 0 Å². The van der Waals surface area contributed by atoms with Gasteiger partial charge in [0.05, 0.1) is 10.6 Å². The molecule has 0 radical (unpaired) electrons. The number of rotatable bonds is 11. The molecule has 0 bridgehead atoms. The lowest BCUT2D eigenvalue weighted by Gasteiger charge is -2.34. The molecule has 1 saturated carbocycles. The van der Waals surface area contributed by atoms with Crippen LogP contribution in [0, 0.1) is 5.92 Å². The Morgan fingerprint density at radius 2 is 1.72 bits per heavy atom. The summed E-state index contributed by atoms with van der Waals surface area (Å²) in [7, 11) is -1.74. The number of hydrogen-bond acceptors (Lipinski definition) is 6. The summed E-state index contributed by atoms with van der Waals surface area (Å²) in [5.41, 5.74) is 3.62. The number of hydrogen-bond donors (Lipinski definition) is 3. The number of sulfonamides is 1. The Morgan fingerprint density at radius 3 is 2.42 bits per heavy atom. The molecular formula is C33H42N6O3S. The van der Waals surface area contributed by atoms with Crippen LogP contribution in [0.4, 0.5) is 0 Å². The quantitative estimate of drug-likeness (QED) is 0.227. The van der Waals surface area contributed by atoms with Crippen molar-refractivity contribution in [3.05, 3.63) is 76.8 Å². The van der Waals surface area contributed by atoms with Gasteiger partial charge in [-0.2, -0.15) is 9.29 Å². The summed E-state index contributed by atoms with van der Waals surface area (Å²) in [4.78, 5) is 20.7. The van der Waals surface area contributed by atoms with Crippen LogP contribution in [0.5, 0.6) is 0 Å². The minimum atomic E-state index is -3.63. The Bertz CT molecular complexity index is 1680. The third-order valence-corrected chi connectivity index (χ3v) is 11.0. The molecule has 6 rings (SSSR count). The van der Waals surface area contributed by atoms with E-state index in [1.807, 2.05) is 49.5 Å². The molecule has 2 aromatic heterocycles. The molecule has 3 heterocycles. The number of aromatic amines is 1. The first-order chi connectivity index (χ1) is 20.9. The molecule has 228 valence electrons. The smallest absolute Gasteiger partial charge is 0.339 e. The molecule has 0 spiro atoms. The summed E-state index contributed by atoms with van der Waals surface area (Å²) in [6.45, 7) is 3.03. The second-order valence-electron chi connectivity index (χ2n) is 12.0. The molecular weight excluding hydrogens is 560 g/mol. The zero-order valence-corrected chi connectivity index (χ0v) is 25.7. The van der Waals surface area contributed by atoms with Crippen molar-refractivity contribution in [3.8, 4) is 16.9 Å². The number of piperidine rings is 1. The fourth-order valence-electron chi connectivity index (χ4n) is 6.68. The Hall–Kier alpha value is -3.31. The molecule has 43 heavy (non-hydrogen) atoms. The maximum absolute atomic E-state index is 14.0. The molecule has 9 nitrogen and oxygen atoms in total. The molecule has 0 amide bonds. The zero-order chi connectivity index (χ0) is 29.8. The molecule has 2 fully saturated rings. The molecule has 2 aromatic carbocycles. The highest BCUT2D eigenvalue weighted by Crippen LogP contribution is 2.31. The standard InChI is InChI=1S/C33H42N6O3S/c1-34-22-25-8-12-28(13-9-25)38-23-27-21-31(36-32(27)37-33(38)40)26-10-14-30(15-11-26)43(41,42)39(29-16-18-35-19-17-29)20-4-7-24-5-2-3-6-24/h8-15,21,23-24,29,34-35H,2-7,16-20,22H2,1H3,(H,36,37,40). The minimum Gasteiger partial charge on any atom is -0.339 e. The fraction of sp³-hybridized carbons (Fsp3) is 0.455. The van der Waals surface area contributed by atoms with Gasteiger partial charge in [0.2, 0.25) is 10.0 Å². The molecule has 3 N–H and O–H groups in total. The lowest BCUT2D eigenvalue weighted by Crippen LogP contribution is -2.46. The second kappa shape index (κ2) is 13.1. The predicted molar refractivity (Wildman–Crippen MR) is 171 cm³/mol. The van der Waals surface area contributed by atoms with Gasteiger partial charge in [-0.25, -0.2) is 13.2 Å². The van der Waals surface area contributed by atoms with Crippen LogP contribution < -0.4 is 16.3 Å². The van der Waals surface area contributed by atoms with E-state index >= 15 is 0 Å². The van der Waals surface area contributed by atoms with Crippen molar-refractivity contribution in [1.82, 2.24) is 29.5 Å². The van der Waals surface area contributed by atoms with Gasteiger partial charge in [0.1, 0.15) is 5.65 Å². The summed E-state index contributed by atoms with van der Waals surface area (Å²) in [6.07, 6.45) is 10.7. The average molecular weight is 603 g/mol. The van der Waals surface area contributed by atoms with Crippen molar-refractivity contribution in [2.24, 2.45) is 5.92 Å².